The van der Waals surface area contributed by atoms with E-state index in [2.05, 4.69) is 25.8 Å². The number of nitrogens with one attached hydrogen (secondary N) is 2. The standard InChI is InChI=1S/C16H19Cl2N5/c17-12-8-5-9-13(18)15(12)21-14-10-19-23-16(22-14)20-11-6-3-1-2-4-7-11/h5,8-11H,1-4,6-7H2,(H2,20,21,22,23). The van der Waals surface area contributed by atoms with Gasteiger partial charge in [-0.3, -0.25) is 0 Å². The van der Waals surface area contributed by atoms with E-state index in [4.69, 9.17) is 23.2 Å². The smallest absolute Gasteiger partial charge is 0.244 e. The van der Waals surface area contributed by atoms with E-state index in [1.807, 2.05) is 0 Å². The average Bonchev–Trinajstić information content (AvgIpc) is 2.80. The molecule has 0 bridgehead atoms. The molecular formula is C16H19Cl2N5. The fourth-order valence-electron chi connectivity index (χ4n) is 2.78. The predicted octanol–water partition coefficient (Wildman–Crippen LogP) is 5.06. The van der Waals surface area contributed by atoms with Crippen molar-refractivity contribution in [1.82, 2.24) is 15.2 Å². The molecule has 2 N–H and O–H groups in total. The molecule has 2 aromatic rings. The zero-order chi connectivity index (χ0) is 16.1. The van der Waals surface area contributed by atoms with Gasteiger partial charge in [-0.25, -0.2) is 0 Å². The normalized spacial score (nSPS) is 15.9. The summed E-state index contributed by atoms with van der Waals surface area (Å²) in [5.74, 6) is 1.09. The zero-order valence-electron chi connectivity index (χ0n) is 12.7. The average molecular weight is 352 g/mol. The summed E-state index contributed by atoms with van der Waals surface area (Å²) >= 11 is 12.3. The lowest BCUT2D eigenvalue weighted by Crippen LogP contribution is -2.20. The lowest BCUT2D eigenvalue weighted by molar-refractivity contribution is 0.613. The Bertz CT molecular complexity index is 636. The summed E-state index contributed by atoms with van der Waals surface area (Å²) in [6.07, 6.45) is 8.97. The molecule has 0 spiro atoms. The molecule has 0 saturated heterocycles. The molecule has 122 valence electrons. The van der Waals surface area contributed by atoms with Crippen LogP contribution in [0.4, 0.5) is 17.5 Å². The lowest BCUT2D eigenvalue weighted by atomic mass is 10.1. The SMILES string of the molecule is Clc1cccc(Cl)c1Nc1cnnc(NC2CCCCCC2)n1. The number of para-hydroxylation sites is 1. The van der Waals surface area contributed by atoms with Crippen molar-refractivity contribution in [3.8, 4) is 0 Å². The van der Waals surface area contributed by atoms with Crippen molar-refractivity contribution in [1.29, 1.82) is 0 Å². The summed E-state index contributed by atoms with van der Waals surface area (Å²) < 4.78 is 0. The Morgan fingerprint density at radius 2 is 1.70 bits per heavy atom. The van der Waals surface area contributed by atoms with Crippen LogP contribution in [0.5, 0.6) is 0 Å². The van der Waals surface area contributed by atoms with Gasteiger partial charge in [-0.2, -0.15) is 10.1 Å². The van der Waals surface area contributed by atoms with Crippen molar-refractivity contribution in [3.05, 3.63) is 34.4 Å². The number of nitrogens with zero attached hydrogens (tertiary/aromatic N) is 3. The first-order valence-corrected chi connectivity index (χ1v) is 8.65. The summed E-state index contributed by atoms with van der Waals surface area (Å²) in [7, 11) is 0. The van der Waals surface area contributed by atoms with E-state index in [-0.39, 0.29) is 0 Å². The molecule has 0 aliphatic heterocycles. The van der Waals surface area contributed by atoms with Crippen LogP contribution >= 0.6 is 23.2 Å². The van der Waals surface area contributed by atoms with E-state index in [1.165, 1.54) is 25.7 Å². The minimum atomic E-state index is 0.415. The number of aromatic nitrogens is 3. The summed E-state index contributed by atoms with van der Waals surface area (Å²) in [5, 5.41) is 15.6. The maximum atomic E-state index is 6.17. The monoisotopic (exact) mass is 351 g/mol. The summed E-state index contributed by atoms with van der Waals surface area (Å²) in [6.45, 7) is 0. The Balaban J connectivity index is 1.72. The highest BCUT2D eigenvalue weighted by molar-refractivity contribution is 6.39. The quantitative estimate of drug-likeness (QED) is 0.754. The van der Waals surface area contributed by atoms with Crippen LogP contribution in [-0.4, -0.2) is 21.2 Å². The Kier molecular flexibility index (Phi) is 5.51. The third-order valence-electron chi connectivity index (χ3n) is 3.96. The van der Waals surface area contributed by atoms with Gasteiger partial charge in [-0.15, -0.1) is 5.10 Å². The second-order valence-corrected chi connectivity index (χ2v) is 6.53. The van der Waals surface area contributed by atoms with Crippen molar-refractivity contribution in [2.75, 3.05) is 10.6 Å². The first-order chi connectivity index (χ1) is 11.2. The molecular weight excluding hydrogens is 333 g/mol. The number of halogens is 2. The van der Waals surface area contributed by atoms with Crippen molar-refractivity contribution >= 4 is 40.7 Å². The van der Waals surface area contributed by atoms with E-state index in [0.717, 1.165) is 12.8 Å². The number of benzene rings is 1. The molecule has 0 unspecified atom stereocenters. The number of hydrogen-bond acceptors (Lipinski definition) is 5. The predicted molar refractivity (Wildman–Crippen MR) is 94.7 cm³/mol. The van der Waals surface area contributed by atoms with Crippen molar-refractivity contribution < 1.29 is 0 Å². The summed E-state index contributed by atoms with van der Waals surface area (Å²) in [6, 6.07) is 5.76. The third kappa shape index (κ3) is 4.45. The van der Waals surface area contributed by atoms with Crippen LogP contribution in [-0.2, 0) is 0 Å². The Labute approximate surface area is 145 Å². The summed E-state index contributed by atoms with van der Waals surface area (Å²) in [5.41, 5.74) is 0.622. The van der Waals surface area contributed by atoms with Gasteiger partial charge >= 0.3 is 0 Å². The molecule has 0 atom stereocenters. The van der Waals surface area contributed by atoms with Gasteiger partial charge in [-0.05, 0) is 25.0 Å². The van der Waals surface area contributed by atoms with Crippen LogP contribution in [0, 0.1) is 0 Å². The molecule has 5 nitrogen and oxygen atoms in total. The molecule has 0 radical (unpaired) electrons. The van der Waals surface area contributed by atoms with Crippen molar-refractivity contribution in [2.45, 2.75) is 44.6 Å². The largest absolute Gasteiger partial charge is 0.350 e. The van der Waals surface area contributed by atoms with E-state index in [9.17, 15) is 0 Å². The van der Waals surface area contributed by atoms with Crippen LogP contribution in [0.25, 0.3) is 0 Å². The Hall–Kier alpha value is -1.59. The van der Waals surface area contributed by atoms with Gasteiger partial charge in [0.25, 0.3) is 0 Å². The molecule has 1 aliphatic carbocycles. The Morgan fingerprint density at radius 3 is 2.39 bits per heavy atom. The fraction of sp³-hybridized carbons (Fsp3) is 0.438. The molecule has 1 fully saturated rings. The maximum Gasteiger partial charge on any atom is 0.244 e. The minimum absolute atomic E-state index is 0.415. The molecule has 3 rings (SSSR count). The topological polar surface area (TPSA) is 62.7 Å². The maximum absolute atomic E-state index is 6.17. The Morgan fingerprint density at radius 1 is 1.00 bits per heavy atom. The molecule has 1 heterocycles. The second-order valence-electron chi connectivity index (χ2n) is 5.72. The molecule has 23 heavy (non-hydrogen) atoms. The van der Waals surface area contributed by atoms with Crippen LogP contribution in [0.1, 0.15) is 38.5 Å². The molecule has 1 aromatic carbocycles. The number of anilines is 3. The zero-order valence-corrected chi connectivity index (χ0v) is 14.2. The first-order valence-electron chi connectivity index (χ1n) is 7.89. The van der Waals surface area contributed by atoms with Crippen LogP contribution < -0.4 is 10.6 Å². The van der Waals surface area contributed by atoms with Gasteiger partial charge in [0.1, 0.15) is 0 Å². The first kappa shape index (κ1) is 16.3. The second kappa shape index (κ2) is 7.79. The summed E-state index contributed by atoms with van der Waals surface area (Å²) in [4.78, 5) is 4.46. The van der Waals surface area contributed by atoms with Gasteiger partial charge in [0.2, 0.25) is 5.95 Å². The van der Waals surface area contributed by atoms with E-state index in [1.54, 1.807) is 24.4 Å². The van der Waals surface area contributed by atoms with E-state index in [0.29, 0.717) is 33.5 Å². The number of rotatable bonds is 4. The molecule has 1 aliphatic rings. The van der Waals surface area contributed by atoms with E-state index < -0.39 is 0 Å². The van der Waals surface area contributed by atoms with Gasteiger partial charge < -0.3 is 10.6 Å². The fourth-order valence-corrected chi connectivity index (χ4v) is 3.27. The third-order valence-corrected chi connectivity index (χ3v) is 4.59. The van der Waals surface area contributed by atoms with Gasteiger partial charge in [0, 0.05) is 6.04 Å². The molecule has 1 aromatic heterocycles. The van der Waals surface area contributed by atoms with Gasteiger partial charge in [-0.1, -0.05) is 55.0 Å². The molecule has 7 heteroatoms. The highest BCUT2D eigenvalue weighted by atomic mass is 35.5. The minimum Gasteiger partial charge on any atom is -0.350 e. The van der Waals surface area contributed by atoms with Gasteiger partial charge in [0.15, 0.2) is 5.82 Å². The van der Waals surface area contributed by atoms with Gasteiger partial charge in [0.05, 0.1) is 21.9 Å². The lowest BCUT2D eigenvalue weighted by Gasteiger charge is -2.16. The number of hydrogen-bond donors (Lipinski definition) is 2. The highest BCUT2D eigenvalue weighted by Crippen LogP contribution is 2.32. The molecule has 1 saturated carbocycles. The van der Waals surface area contributed by atoms with Crippen LogP contribution in [0.3, 0.4) is 0 Å². The van der Waals surface area contributed by atoms with Crippen LogP contribution in [0.15, 0.2) is 24.4 Å². The van der Waals surface area contributed by atoms with E-state index >= 15 is 0 Å². The molecule has 0 amide bonds. The van der Waals surface area contributed by atoms with Crippen LogP contribution in [0.2, 0.25) is 10.0 Å². The highest BCUT2D eigenvalue weighted by Gasteiger charge is 2.14. The van der Waals surface area contributed by atoms with Crippen molar-refractivity contribution in [3.63, 3.8) is 0 Å². The van der Waals surface area contributed by atoms with Crippen molar-refractivity contribution in [2.24, 2.45) is 0 Å².